The molecule has 1 aromatic heterocycles. The second-order valence-corrected chi connectivity index (χ2v) is 5.80. The van der Waals surface area contributed by atoms with Crippen molar-refractivity contribution in [3.05, 3.63) is 23.0 Å². The highest BCUT2D eigenvalue weighted by Gasteiger charge is 2.28. The van der Waals surface area contributed by atoms with Gasteiger partial charge in [0.05, 0.1) is 23.0 Å². The van der Waals surface area contributed by atoms with Crippen LogP contribution in [-0.4, -0.2) is 28.1 Å². The molecular weight excluding hydrogens is 278 g/mol. The minimum absolute atomic E-state index is 0.220. The number of halogens is 1. The highest BCUT2D eigenvalue weighted by atomic mass is 35.5. The monoisotopic (exact) mass is 297 g/mol. The molecule has 2 rings (SSSR count). The lowest BCUT2D eigenvalue weighted by molar-refractivity contribution is 0.0246. The molecule has 1 fully saturated rings. The van der Waals surface area contributed by atoms with Gasteiger partial charge in [-0.2, -0.15) is 0 Å². The van der Waals surface area contributed by atoms with Crippen molar-refractivity contribution >= 4 is 23.2 Å². The first-order valence-corrected chi connectivity index (χ1v) is 7.30. The molecule has 4 N–H and O–H groups in total. The Morgan fingerprint density at radius 1 is 1.40 bits per heavy atom. The Morgan fingerprint density at radius 3 is 2.70 bits per heavy atom. The van der Waals surface area contributed by atoms with Crippen molar-refractivity contribution in [3.8, 4) is 0 Å². The first-order chi connectivity index (χ1) is 9.50. The third-order valence-corrected chi connectivity index (χ3v) is 3.97. The molecule has 110 valence electrons. The molecule has 1 amide bonds. The topological polar surface area (TPSA) is 88.2 Å². The molecule has 1 aliphatic carbocycles. The Labute approximate surface area is 123 Å². The molecule has 1 saturated carbocycles. The first kappa shape index (κ1) is 15.1. The molecule has 0 radical (unpaired) electrons. The number of pyridine rings is 1. The zero-order valence-corrected chi connectivity index (χ0v) is 12.1. The van der Waals surface area contributed by atoms with E-state index in [2.05, 4.69) is 10.3 Å². The summed E-state index contributed by atoms with van der Waals surface area (Å²) in [6.07, 6.45) is 7.08. The molecule has 20 heavy (non-hydrogen) atoms. The van der Waals surface area contributed by atoms with Gasteiger partial charge in [0.15, 0.2) is 0 Å². The zero-order valence-electron chi connectivity index (χ0n) is 11.4. The molecule has 5 nitrogen and oxygen atoms in total. The maximum Gasteiger partial charge on any atom is 0.253 e. The van der Waals surface area contributed by atoms with E-state index in [9.17, 15) is 9.90 Å². The van der Waals surface area contributed by atoms with Crippen LogP contribution in [0.1, 0.15) is 48.9 Å². The molecule has 6 heteroatoms. The van der Waals surface area contributed by atoms with Crippen molar-refractivity contribution in [2.24, 2.45) is 0 Å². The van der Waals surface area contributed by atoms with E-state index in [1.54, 1.807) is 0 Å². The predicted molar refractivity (Wildman–Crippen MR) is 78.6 cm³/mol. The van der Waals surface area contributed by atoms with Crippen LogP contribution in [0.25, 0.3) is 0 Å². The highest BCUT2D eigenvalue weighted by Crippen LogP contribution is 2.26. The molecule has 0 aliphatic heterocycles. The van der Waals surface area contributed by atoms with Gasteiger partial charge in [-0.3, -0.25) is 4.79 Å². The Balaban J connectivity index is 1.99. The summed E-state index contributed by atoms with van der Waals surface area (Å²) in [5.74, 6) is -0.329. The number of aliphatic hydroxyl groups is 1. The quantitative estimate of drug-likeness (QED) is 0.589. The average molecular weight is 298 g/mol. The Hall–Kier alpha value is -1.33. The number of anilines is 1. The number of nitrogens with zero attached hydrogens (tertiary/aromatic N) is 1. The number of nitrogen functional groups attached to an aromatic ring is 1. The van der Waals surface area contributed by atoms with Crippen LogP contribution in [0.5, 0.6) is 0 Å². The highest BCUT2D eigenvalue weighted by molar-refractivity contribution is 6.29. The number of carbonyl (C=O) groups is 1. The Morgan fingerprint density at radius 2 is 2.05 bits per heavy atom. The minimum atomic E-state index is -0.808. The van der Waals surface area contributed by atoms with Gasteiger partial charge in [-0.1, -0.05) is 37.3 Å². The van der Waals surface area contributed by atoms with Crippen molar-refractivity contribution in [3.63, 3.8) is 0 Å². The van der Waals surface area contributed by atoms with Gasteiger partial charge in [0.2, 0.25) is 0 Å². The van der Waals surface area contributed by atoms with E-state index in [1.807, 2.05) is 0 Å². The zero-order chi connectivity index (χ0) is 14.6. The van der Waals surface area contributed by atoms with Crippen LogP contribution < -0.4 is 11.1 Å². The molecule has 0 saturated heterocycles. The molecule has 0 unspecified atom stereocenters. The van der Waals surface area contributed by atoms with Crippen molar-refractivity contribution < 1.29 is 9.90 Å². The summed E-state index contributed by atoms with van der Waals surface area (Å²) in [7, 11) is 0. The van der Waals surface area contributed by atoms with E-state index < -0.39 is 5.60 Å². The molecule has 0 spiro atoms. The SMILES string of the molecule is Nc1cnc(Cl)cc1C(=O)NCC1(O)CCCCCC1. The summed E-state index contributed by atoms with van der Waals surface area (Å²) in [4.78, 5) is 15.9. The van der Waals surface area contributed by atoms with Gasteiger partial charge in [0.1, 0.15) is 5.15 Å². The Kier molecular flexibility index (Phi) is 4.83. The van der Waals surface area contributed by atoms with Crippen molar-refractivity contribution in [2.45, 2.75) is 44.1 Å². The fourth-order valence-corrected chi connectivity index (χ4v) is 2.70. The number of nitrogens with two attached hydrogens (primary N) is 1. The Bertz CT molecular complexity index is 485. The van der Waals surface area contributed by atoms with Crippen molar-refractivity contribution in [2.75, 3.05) is 12.3 Å². The summed E-state index contributed by atoms with van der Waals surface area (Å²) in [6, 6.07) is 1.43. The number of aromatic nitrogens is 1. The van der Waals surface area contributed by atoms with Crippen molar-refractivity contribution in [1.82, 2.24) is 10.3 Å². The number of hydrogen-bond acceptors (Lipinski definition) is 4. The van der Waals surface area contributed by atoms with Gasteiger partial charge >= 0.3 is 0 Å². The minimum Gasteiger partial charge on any atom is -0.397 e. The van der Waals surface area contributed by atoms with E-state index in [0.717, 1.165) is 38.5 Å². The van der Waals surface area contributed by atoms with E-state index in [1.165, 1.54) is 12.3 Å². The number of nitrogens with one attached hydrogen (secondary N) is 1. The smallest absolute Gasteiger partial charge is 0.253 e. The second kappa shape index (κ2) is 6.41. The lowest BCUT2D eigenvalue weighted by atomic mass is 9.94. The van der Waals surface area contributed by atoms with Crippen molar-refractivity contribution in [1.29, 1.82) is 0 Å². The van der Waals surface area contributed by atoms with Gasteiger partial charge in [-0.15, -0.1) is 0 Å². The maximum atomic E-state index is 12.1. The normalized spacial score (nSPS) is 18.3. The lowest BCUT2D eigenvalue weighted by Crippen LogP contribution is -2.42. The van der Waals surface area contributed by atoms with E-state index >= 15 is 0 Å². The van der Waals surface area contributed by atoms with Crippen LogP contribution in [0.2, 0.25) is 5.15 Å². The van der Waals surface area contributed by atoms with Crippen LogP contribution in [0.15, 0.2) is 12.3 Å². The largest absolute Gasteiger partial charge is 0.397 e. The lowest BCUT2D eigenvalue weighted by Gasteiger charge is -2.26. The molecule has 0 atom stereocenters. The van der Waals surface area contributed by atoms with Crippen LogP contribution in [0, 0.1) is 0 Å². The van der Waals surface area contributed by atoms with Gasteiger partial charge in [-0.25, -0.2) is 4.98 Å². The van der Waals surface area contributed by atoms with E-state index in [4.69, 9.17) is 17.3 Å². The summed E-state index contributed by atoms with van der Waals surface area (Å²) >= 11 is 5.76. The van der Waals surface area contributed by atoms with Gasteiger partial charge in [0.25, 0.3) is 5.91 Å². The molecule has 1 aromatic rings. The van der Waals surface area contributed by atoms with E-state index in [0.29, 0.717) is 5.56 Å². The van der Waals surface area contributed by atoms with Crippen LogP contribution >= 0.6 is 11.6 Å². The average Bonchev–Trinajstić information content (AvgIpc) is 2.64. The number of rotatable bonds is 3. The second-order valence-electron chi connectivity index (χ2n) is 5.42. The number of hydrogen-bond donors (Lipinski definition) is 3. The summed E-state index contributed by atoms with van der Waals surface area (Å²) < 4.78 is 0. The molecule has 0 bridgehead atoms. The summed E-state index contributed by atoms with van der Waals surface area (Å²) in [5.41, 5.74) is 5.48. The molecular formula is C14H20ClN3O2. The maximum absolute atomic E-state index is 12.1. The molecule has 1 heterocycles. The fraction of sp³-hybridized carbons (Fsp3) is 0.571. The summed E-state index contributed by atoms with van der Waals surface area (Å²) in [6.45, 7) is 0.241. The van der Waals surface area contributed by atoms with Crippen LogP contribution in [0.4, 0.5) is 5.69 Å². The fourth-order valence-electron chi connectivity index (χ4n) is 2.54. The van der Waals surface area contributed by atoms with Gasteiger partial charge in [-0.05, 0) is 18.9 Å². The van der Waals surface area contributed by atoms with Crippen LogP contribution in [0.3, 0.4) is 0 Å². The van der Waals surface area contributed by atoms with E-state index in [-0.39, 0.29) is 23.3 Å². The summed E-state index contributed by atoms with van der Waals surface area (Å²) in [5, 5.41) is 13.5. The third-order valence-electron chi connectivity index (χ3n) is 3.76. The van der Waals surface area contributed by atoms with Gasteiger partial charge < -0.3 is 16.2 Å². The van der Waals surface area contributed by atoms with Crippen LogP contribution in [-0.2, 0) is 0 Å². The standard InChI is InChI=1S/C14H20ClN3O2/c15-12-7-10(11(16)8-17-12)13(19)18-9-14(20)5-3-1-2-4-6-14/h7-8,20H,1-6,9,16H2,(H,18,19). The number of amides is 1. The number of carbonyl (C=O) groups excluding carboxylic acids is 1. The first-order valence-electron chi connectivity index (χ1n) is 6.92. The van der Waals surface area contributed by atoms with Gasteiger partial charge in [0, 0.05) is 6.54 Å². The predicted octanol–water partition coefficient (Wildman–Crippen LogP) is 2.13. The molecule has 1 aliphatic rings. The third kappa shape index (κ3) is 3.84. The molecule has 0 aromatic carbocycles.